The summed E-state index contributed by atoms with van der Waals surface area (Å²) >= 11 is 18.4. The molecule has 1 aromatic carbocycles. The summed E-state index contributed by atoms with van der Waals surface area (Å²) in [5.74, 6) is 0.511. The number of alkyl halides is 2. The molecule has 0 unspecified atom stereocenters. The fraction of sp³-hybridized carbons (Fsp3) is 0.400. The summed E-state index contributed by atoms with van der Waals surface area (Å²) in [6, 6.07) is 5.18. The maximum absolute atomic E-state index is 12.3. The standard InChI is InChI=1S/C15H15Cl3N2O2S/c16-7-1-3-13(21)19-15-11-9-10(18)5-6-12(11)20(23-15)14(22)4-2-8-17/h5-6,9H,1-4,7-8H2. The van der Waals surface area contributed by atoms with Gasteiger partial charge in [0.15, 0.2) is 0 Å². The van der Waals surface area contributed by atoms with E-state index in [0.717, 1.165) is 11.5 Å². The van der Waals surface area contributed by atoms with Crippen molar-refractivity contribution in [2.45, 2.75) is 25.7 Å². The van der Waals surface area contributed by atoms with Crippen LogP contribution in [0, 0.1) is 0 Å². The molecule has 8 heteroatoms. The minimum atomic E-state index is -0.255. The van der Waals surface area contributed by atoms with Gasteiger partial charge in [0, 0.05) is 35.0 Å². The lowest BCUT2D eigenvalue weighted by Gasteiger charge is -2.01. The Balaban J connectivity index is 2.48. The average Bonchev–Trinajstić information content (AvgIpc) is 2.88. The fourth-order valence-corrected chi connectivity index (χ4v) is 3.48. The number of rotatable bonds is 6. The second-order valence-electron chi connectivity index (χ2n) is 4.84. The highest BCUT2D eigenvalue weighted by atomic mass is 35.5. The van der Waals surface area contributed by atoms with Gasteiger partial charge < -0.3 is 0 Å². The molecule has 0 spiro atoms. The maximum Gasteiger partial charge on any atom is 0.247 e. The van der Waals surface area contributed by atoms with Crippen molar-refractivity contribution in [2.24, 2.45) is 4.99 Å². The van der Waals surface area contributed by atoms with Crippen LogP contribution in [-0.2, 0) is 4.79 Å². The fourth-order valence-electron chi connectivity index (χ4n) is 2.01. The zero-order chi connectivity index (χ0) is 16.8. The van der Waals surface area contributed by atoms with E-state index in [1.54, 1.807) is 22.2 Å². The molecule has 0 aliphatic rings. The van der Waals surface area contributed by atoms with Crippen LogP contribution in [0.15, 0.2) is 23.2 Å². The number of carbonyl (C=O) groups is 2. The van der Waals surface area contributed by atoms with Crippen LogP contribution in [0.5, 0.6) is 0 Å². The van der Waals surface area contributed by atoms with Crippen molar-refractivity contribution in [1.29, 1.82) is 0 Å². The Hall–Kier alpha value is -0.880. The molecule has 0 saturated heterocycles. The second-order valence-corrected chi connectivity index (χ2v) is 6.96. The first-order valence-electron chi connectivity index (χ1n) is 7.11. The lowest BCUT2D eigenvalue weighted by Crippen LogP contribution is -2.07. The van der Waals surface area contributed by atoms with E-state index in [-0.39, 0.29) is 18.2 Å². The lowest BCUT2D eigenvalue weighted by atomic mass is 10.2. The molecule has 0 radical (unpaired) electrons. The van der Waals surface area contributed by atoms with E-state index in [2.05, 4.69) is 4.99 Å². The summed E-state index contributed by atoms with van der Waals surface area (Å²) in [5.41, 5.74) is 0.697. The van der Waals surface area contributed by atoms with Crippen LogP contribution in [0.3, 0.4) is 0 Å². The summed E-state index contributed by atoms with van der Waals surface area (Å²) < 4.78 is 2.03. The maximum atomic E-state index is 12.3. The van der Waals surface area contributed by atoms with Crippen molar-refractivity contribution in [3.63, 3.8) is 0 Å². The minimum Gasteiger partial charge on any atom is -0.273 e. The van der Waals surface area contributed by atoms with Crippen molar-refractivity contribution < 1.29 is 9.59 Å². The Bertz CT molecular complexity index is 783. The topological polar surface area (TPSA) is 51.4 Å². The van der Waals surface area contributed by atoms with Crippen LogP contribution in [0.2, 0.25) is 5.02 Å². The van der Waals surface area contributed by atoms with E-state index in [1.165, 1.54) is 0 Å². The van der Waals surface area contributed by atoms with Crippen molar-refractivity contribution in [1.82, 2.24) is 3.96 Å². The quantitative estimate of drug-likeness (QED) is 0.680. The number of carbonyl (C=O) groups excluding carboxylic acids is 2. The second kappa shape index (κ2) is 8.83. The zero-order valence-corrected chi connectivity index (χ0v) is 15.3. The van der Waals surface area contributed by atoms with Crippen molar-refractivity contribution in [2.75, 3.05) is 11.8 Å². The molecule has 0 saturated carbocycles. The van der Waals surface area contributed by atoms with Gasteiger partial charge >= 0.3 is 0 Å². The van der Waals surface area contributed by atoms with E-state index in [4.69, 9.17) is 34.8 Å². The Morgan fingerprint density at radius 1 is 1.13 bits per heavy atom. The van der Waals surface area contributed by atoms with Gasteiger partial charge in [-0.3, -0.25) is 9.59 Å². The first kappa shape index (κ1) is 18.5. The van der Waals surface area contributed by atoms with Gasteiger partial charge in [0.2, 0.25) is 11.8 Å². The summed E-state index contributed by atoms with van der Waals surface area (Å²) in [7, 11) is 0. The van der Waals surface area contributed by atoms with Gasteiger partial charge in [0.05, 0.1) is 5.52 Å². The van der Waals surface area contributed by atoms with E-state index in [1.807, 2.05) is 0 Å². The smallest absolute Gasteiger partial charge is 0.247 e. The van der Waals surface area contributed by atoms with Gasteiger partial charge in [-0.25, -0.2) is 8.95 Å². The Labute approximate surface area is 152 Å². The summed E-state index contributed by atoms with van der Waals surface area (Å²) in [4.78, 5) is 28.3. The molecule has 0 fully saturated rings. The van der Waals surface area contributed by atoms with Crippen molar-refractivity contribution in [3.05, 3.63) is 27.9 Å². The molecule has 1 amide bonds. The third-order valence-corrected chi connectivity index (χ3v) is 4.92. The third-order valence-electron chi connectivity index (χ3n) is 3.09. The summed E-state index contributed by atoms with van der Waals surface area (Å²) in [6.07, 6.45) is 1.79. The molecule has 2 rings (SSSR count). The van der Waals surface area contributed by atoms with Gasteiger partial charge in [-0.15, -0.1) is 23.2 Å². The number of hydrogen-bond acceptors (Lipinski definition) is 3. The van der Waals surface area contributed by atoms with E-state index in [9.17, 15) is 9.59 Å². The zero-order valence-electron chi connectivity index (χ0n) is 12.2. The molecule has 1 heterocycles. The van der Waals surface area contributed by atoms with Crippen LogP contribution >= 0.6 is 46.3 Å². The van der Waals surface area contributed by atoms with Crippen LogP contribution < -0.4 is 4.67 Å². The summed E-state index contributed by atoms with van der Waals surface area (Å²) in [6.45, 7) is 0. The number of halogens is 3. The predicted molar refractivity (Wildman–Crippen MR) is 95.9 cm³/mol. The molecule has 0 aliphatic carbocycles. The highest BCUT2D eigenvalue weighted by molar-refractivity contribution is 7.06. The molecular formula is C15H15Cl3N2O2S. The monoisotopic (exact) mass is 392 g/mol. The largest absolute Gasteiger partial charge is 0.273 e. The molecule has 0 atom stereocenters. The molecular weight excluding hydrogens is 379 g/mol. The Morgan fingerprint density at radius 2 is 1.83 bits per heavy atom. The highest BCUT2D eigenvalue weighted by Crippen LogP contribution is 2.20. The number of fused-ring (bicyclic) bond motifs is 1. The first-order valence-corrected chi connectivity index (χ1v) is 9.33. The SMILES string of the molecule is O=C(CCCCl)N=c1sn(C(=O)CCCCl)c2ccc(Cl)cc12. The molecule has 1 aromatic heterocycles. The molecule has 0 aliphatic heterocycles. The van der Waals surface area contributed by atoms with Gasteiger partial charge in [-0.2, -0.15) is 0 Å². The number of aromatic nitrogens is 1. The number of benzene rings is 1. The van der Waals surface area contributed by atoms with Gasteiger partial charge in [0.1, 0.15) is 4.67 Å². The van der Waals surface area contributed by atoms with Crippen molar-refractivity contribution >= 4 is 69.1 Å². The van der Waals surface area contributed by atoms with Crippen LogP contribution in [0.1, 0.15) is 30.5 Å². The average molecular weight is 394 g/mol. The molecule has 0 bridgehead atoms. The van der Waals surface area contributed by atoms with Crippen LogP contribution in [0.4, 0.5) is 0 Å². The normalized spacial score (nSPS) is 12.0. The Morgan fingerprint density at radius 3 is 2.52 bits per heavy atom. The van der Waals surface area contributed by atoms with E-state index in [0.29, 0.717) is 51.6 Å². The molecule has 23 heavy (non-hydrogen) atoms. The van der Waals surface area contributed by atoms with E-state index < -0.39 is 0 Å². The third kappa shape index (κ3) is 4.80. The Kier molecular flexibility index (Phi) is 7.09. The molecule has 2 aromatic rings. The lowest BCUT2D eigenvalue weighted by molar-refractivity contribution is -0.118. The first-order chi connectivity index (χ1) is 11.1. The van der Waals surface area contributed by atoms with Gasteiger partial charge in [-0.1, -0.05) is 11.6 Å². The summed E-state index contributed by atoms with van der Waals surface area (Å²) in [5, 5.41) is 1.22. The number of amides is 1. The molecule has 4 nitrogen and oxygen atoms in total. The predicted octanol–water partition coefficient (Wildman–Crippen LogP) is 4.46. The number of nitrogens with zero attached hydrogens (tertiary/aromatic N) is 2. The number of hydrogen-bond donors (Lipinski definition) is 0. The van der Waals surface area contributed by atoms with Crippen LogP contribution in [-0.4, -0.2) is 27.5 Å². The molecule has 124 valence electrons. The van der Waals surface area contributed by atoms with Crippen LogP contribution in [0.25, 0.3) is 10.9 Å². The van der Waals surface area contributed by atoms with Gasteiger partial charge in [-0.05, 0) is 42.6 Å². The minimum absolute atomic E-state index is 0.0716. The van der Waals surface area contributed by atoms with Crippen molar-refractivity contribution in [3.8, 4) is 0 Å². The molecule has 0 N–H and O–H groups in total. The van der Waals surface area contributed by atoms with Gasteiger partial charge in [0.25, 0.3) is 0 Å². The highest BCUT2D eigenvalue weighted by Gasteiger charge is 2.13. The van der Waals surface area contributed by atoms with E-state index >= 15 is 0 Å².